The fraction of sp³-hybridized carbons (Fsp3) is 0.500. The topological polar surface area (TPSA) is 59.0 Å². The summed E-state index contributed by atoms with van der Waals surface area (Å²) in [7, 11) is -3.20. The number of benzene rings is 2. The van der Waals surface area contributed by atoms with Crippen LogP contribution in [0.15, 0.2) is 72.8 Å². The molecule has 36 heavy (non-hydrogen) atoms. The second-order valence-electron chi connectivity index (χ2n) is 11.9. The van der Waals surface area contributed by atoms with Crippen LogP contribution < -0.4 is 10.4 Å². The number of carbonyl (C=O) groups is 1. The zero-order valence-electron chi connectivity index (χ0n) is 23.1. The highest BCUT2D eigenvalue weighted by molar-refractivity contribution is 6.98. The lowest BCUT2D eigenvalue weighted by atomic mass is 9.88. The predicted molar refractivity (Wildman–Crippen MR) is 149 cm³/mol. The van der Waals surface area contributed by atoms with Crippen molar-refractivity contribution in [2.24, 2.45) is 5.92 Å². The molecule has 2 aromatic carbocycles. The molecule has 6 heteroatoms. The minimum Gasteiger partial charge on any atom is -0.444 e. The van der Waals surface area contributed by atoms with Crippen LogP contribution in [-0.4, -0.2) is 48.1 Å². The van der Waals surface area contributed by atoms with Gasteiger partial charge in [-0.3, -0.25) is 4.90 Å². The van der Waals surface area contributed by atoms with E-state index in [1.807, 2.05) is 108 Å². The molecule has 1 aliphatic rings. The Morgan fingerprint density at radius 3 is 2.03 bits per heavy atom. The molecule has 1 N–H and O–H groups in total. The molecule has 1 aliphatic heterocycles. The van der Waals surface area contributed by atoms with Crippen molar-refractivity contribution in [2.45, 2.75) is 84.2 Å². The third-order valence-electron chi connectivity index (χ3n) is 7.15. The van der Waals surface area contributed by atoms with Crippen molar-refractivity contribution in [2.75, 3.05) is 6.61 Å². The van der Waals surface area contributed by atoms with Crippen LogP contribution in [0.4, 0.5) is 4.79 Å². The maximum Gasteiger partial charge on any atom is 0.412 e. The van der Waals surface area contributed by atoms with E-state index in [4.69, 9.17) is 9.47 Å². The molecular weight excluding hydrogens is 466 g/mol. The quantitative estimate of drug-likeness (QED) is 0.397. The first-order chi connectivity index (χ1) is 16.7. The summed E-state index contributed by atoms with van der Waals surface area (Å²) in [5, 5.41) is 1.49. The van der Waals surface area contributed by atoms with E-state index in [1.165, 1.54) is 0 Å². The van der Waals surface area contributed by atoms with E-state index in [9.17, 15) is 9.59 Å². The number of amides is 1. The third-order valence-corrected chi connectivity index (χ3v) is 11.7. The molecule has 2 atom stereocenters. The number of nitrogens with zero attached hydrogens (tertiary/aromatic N) is 1. The first kappa shape index (κ1) is 28.2. The van der Waals surface area contributed by atoms with Crippen LogP contribution in [0.3, 0.4) is 0 Å². The zero-order valence-corrected chi connectivity index (χ0v) is 24.1. The van der Waals surface area contributed by atoms with Gasteiger partial charge in [0.25, 0.3) is 8.32 Å². The van der Waals surface area contributed by atoms with E-state index in [0.29, 0.717) is 13.0 Å². The van der Waals surface area contributed by atoms with Crippen molar-refractivity contribution in [3.05, 3.63) is 72.8 Å². The zero-order chi connectivity index (χ0) is 26.8. The summed E-state index contributed by atoms with van der Waals surface area (Å²) < 4.78 is 11.9. The van der Waals surface area contributed by atoms with Crippen molar-refractivity contribution in [3.8, 4) is 0 Å². The Hall–Kier alpha value is -2.41. The third kappa shape index (κ3) is 5.77. The molecule has 0 bridgehead atoms. The molecule has 5 nitrogen and oxygen atoms in total. The van der Waals surface area contributed by atoms with Gasteiger partial charge in [0.05, 0.1) is 12.6 Å². The number of carbonyl (C=O) groups excluding carboxylic acids is 1. The van der Waals surface area contributed by atoms with Crippen molar-refractivity contribution < 1.29 is 19.1 Å². The molecular formula is C30H43NO4Si. The van der Waals surface area contributed by atoms with E-state index < -0.39 is 24.7 Å². The molecule has 0 radical (unpaired) electrons. The molecule has 2 aromatic rings. The summed E-state index contributed by atoms with van der Waals surface area (Å²) in [6, 6.07) is 19.9. The normalized spacial score (nSPS) is 19.5. The number of hydrogen-bond acceptors (Lipinski definition) is 4. The summed E-state index contributed by atoms with van der Waals surface area (Å²) in [6.07, 6.45) is 4.48. The average Bonchev–Trinajstić information content (AvgIpc) is 3.13. The van der Waals surface area contributed by atoms with Gasteiger partial charge in [0, 0.05) is 5.92 Å². The van der Waals surface area contributed by atoms with Gasteiger partial charge < -0.3 is 14.3 Å². The Labute approximate surface area is 218 Å². The average molecular weight is 510 g/mol. The minimum atomic E-state index is -3.20. The standard InChI is InChI=1S/C30H43NO4Si/c1-9-16-23(26-22-34-30(7,8)31(26)27(32)35-28(2,3)4)21-29(5,6)36(33,24-17-12-10-13-18-24)25-19-14-11-15-20-25/h9-20,23,26,33H,21-22H2,1-8H3/b16-9+/t23-,26?/m0/s1. The lowest BCUT2D eigenvalue weighted by Gasteiger charge is -2.44. The molecule has 1 saturated heterocycles. The lowest BCUT2D eigenvalue weighted by molar-refractivity contribution is -0.0640. The Bertz CT molecular complexity index is 1000. The van der Waals surface area contributed by atoms with Crippen LogP contribution >= 0.6 is 0 Å². The lowest BCUT2D eigenvalue weighted by Crippen LogP contribution is -2.66. The molecule has 1 fully saturated rings. The molecule has 0 aliphatic carbocycles. The molecule has 1 unspecified atom stereocenters. The highest BCUT2D eigenvalue weighted by Crippen LogP contribution is 2.45. The summed E-state index contributed by atoms with van der Waals surface area (Å²) in [5.74, 6) is -0.0363. The molecule has 3 rings (SSSR count). The summed E-state index contributed by atoms with van der Waals surface area (Å²) in [4.78, 5) is 27.8. The van der Waals surface area contributed by atoms with Crippen LogP contribution in [0.5, 0.6) is 0 Å². The predicted octanol–water partition coefficient (Wildman–Crippen LogP) is 5.47. The van der Waals surface area contributed by atoms with Gasteiger partial charge >= 0.3 is 6.09 Å². The van der Waals surface area contributed by atoms with Gasteiger partial charge in [-0.25, -0.2) is 4.79 Å². The van der Waals surface area contributed by atoms with Crippen LogP contribution in [0.25, 0.3) is 0 Å². The van der Waals surface area contributed by atoms with E-state index in [1.54, 1.807) is 4.90 Å². The van der Waals surface area contributed by atoms with E-state index in [2.05, 4.69) is 19.9 Å². The van der Waals surface area contributed by atoms with E-state index in [-0.39, 0.29) is 18.1 Å². The van der Waals surface area contributed by atoms with Crippen LogP contribution in [0.1, 0.15) is 61.8 Å². The number of hydrogen-bond donors (Lipinski definition) is 1. The highest BCUT2D eigenvalue weighted by atomic mass is 28.4. The van der Waals surface area contributed by atoms with E-state index >= 15 is 0 Å². The first-order valence-electron chi connectivity index (χ1n) is 12.9. The Balaban J connectivity index is 2.04. The molecule has 1 amide bonds. The van der Waals surface area contributed by atoms with Gasteiger partial charge in [-0.1, -0.05) is 86.7 Å². The van der Waals surface area contributed by atoms with Gasteiger partial charge in [0.15, 0.2) is 0 Å². The monoisotopic (exact) mass is 509 g/mol. The first-order valence-corrected chi connectivity index (χ1v) is 14.8. The van der Waals surface area contributed by atoms with Crippen molar-refractivity contribution in [3.63, 3.8) is 0 Å². The number of ether oxygens (including phenoxy) is 2. The Morgan fingerprint density at radius 1 is 1.08 bits per heavy atom. The number of allylic oxidation sites excluding steroid dienone is 1. The maximum atomic E-state index is 13.4. The summed E-state index contributed by atoms with van der Waals surface area (Å²) in [6.45, 7) is 16.2. The summed E-state index contributed by atoms with van der Waals surface area (Å²) in [5.41, 5.74) is -1.40. The van der Waals surface area contributed by atoms with Crippen LogP contribution in [0.2, 0.25) is 5.04 Å². The Kier molecular flexibility index (Phi) is 8.23. The second kappa shape index (κ2) is 10.5. The fourth-order valence-corrected chi connectivity index (χ4v) is 9.21. The van der Waals surface area contributed by atoms with Crippen molar-refractivity contribution in [1.82, 2.24) is 4.90 Å². The SMILES string of the molecule is C/C=C/[C@@H](CC(C)(C)[Si](O)(c1ccccc1)c1ccccc1)C1COC(C)(C)N1C(=O)OC(C)(C)C. The molecule has 0 aromatic heterocycles. The van der Waals surface area contributed by atoms with Crippen LogP contribution in [0, 0.1) is 5.92 Å². The van der Waals surface area contributed by atoms with Gasteiger partial charge in [-0.05, 0) is 63.4 Å². The Morgan fingerprint density at radius 2 is 1.58 bits per heavy atom. The smallest absolute Gasteiger partial charge is 0.412 e. The molecule has 196 valence electrons. The molecule has 1 heterocycles. The highest BCUT2D eigenvalue weighted by Gasteiger charge is 2.54. The van der Waals surface area contributed by atoms with Gasteiger partial charge in [0.2, 0.25) is 0 Å². The van der Waals surface area contributed by atoms with Gasteiger partial charge in [-0.2, -0.15) is 0 Å². The second-order valence-corrected chi connectivity index (χ2v) is 15.8. The van der Waals surface area contributed by atoms with Crippen molar-refractivity contribution in [1.29, 1.82) is 0 Å². The van der Waals surface area contributed by atoms with E-state index in [0.717, 1.165) is 10.4 Å². The maximum absolute atomic E-state index is 13.4. The molecule has 0 spiro atoms. The fourth-order valence-electron chi connectivity index (χ4n) is 5.44. The number of rotatable bonds is 7. The van der Waals surface area contributed by atoms with Crippen LogP contribution in [-0.2, 0) is 9.47 Å². The largest absolute Gasteiger partial charge is 0.444 e. The van der Waals surface area contributed by atoms with Gasteiger partial charge in [0.1, 0.15) is 11.3 Å². The van der Waals surface area contributed by atoms with Crippen molar-refractivity contribution >= 4 is 24.8 Å². The minimum absolute atomic E-state index is 0.0363. The van der Waals surface area contributed by atoms with Gasteiger partial charge in [-0.15, -0.1) is 0 Å². The molecule has 0 saturated carbocycles. The summed E-state index contributed by atoms with van der Waals surface area (Å²) >= 11 is 0.